The van der Waals surface area contributed by atoms with Gasteiger partial charge in [-0.05, 0) is 13.8 Å². The number of nitrogens with two attached hydrogens (primary N) is 1. The van der Waals surface area contributed by atoms with Crippen LogP contribution in [0.5, 0.6) is 0 Å². The van der Waals surface area contributed by atoms with Crippen LogP contribution in [0.2, 0.25) is 0 Å². The Hall–Kier alpha value is -1.78. The highest BCUT2D eigenvalue weighted by atomic mass is 15.3. The summed E-state index contributed by atoms with van der Waals surface area (Å²) in [6, 6.07) is 0. The van der Waals surface area contributed by atoms with Crippen molar-refractivity contribution in [1.29, 1.82) is 0 Å². The second-order valence-corrected chi connectivity index (χ2v) is 3.50. The van der Waals surface area contributed by atoms with E-state index in [-0.39, 0.29) is 0 Å². The zero-order valence-corrected chi connectivity index (χ0v) is 9.01. The highest BCUT2D eigenvalue weighted by molar-refractivity contribution is 5.39. The number of imidazole rings is 1. The molecule has 5 heteroatoms. The molecule has 2 aromatic heterocycles. The molecule has 0 bridgehead atoms. The van der Waals surface area contributed by atoms with Gasteiger partial charge < -0.3 is 10.3 Å². The quantitative estimate of drug-likeness (QED) is 0.814. The molecule has 15 heavy (non-hydrogen) atoms. The van der Waals surface area contributed by atoms with Gasteiger partial charge in [0.1, 0.15) is 5.82 Å². The molecule has 0 amide bonds. The Labute approximate surface area is 88.5 Å². The number of nitrogens with zero attached hydrogens (tertiary/aromatic N) is 4. The Bertz CT molecular complexity index is 435. The maximum absolute atomic E-state index is 5.73. The van der Waals surface area contributed by atoms with Crippen molar-refractivity contribution in [2.24, 2.45) is 0 Å². The van der Waals surface area contributed by atoms with E-state index in [0.717, 1.165) is 23.8 Å². The summed E-state index contributed by atoms with van der Waals surface area (Å²) in [5.41, 5.74) is 7.32. The fourth-order valence-electron chi connectivity index (χ4n) is 1.54. The zero-order valence-electron chi connectivity index (χ0n) is 9.01. The van der Waals surface area contributed by atoms with Gasteiger partial charge in [-0.25, -0.2) is 4.98 Å². The topological polar surface area (TPSA) is 61.7 Å². The van der Waals surface area contributed by atoms with Gasteiger partial charge >= 0.3 is 0 Å². The van der Waals surface area contributed by atoms with Gasteiger partial charge in [-0.1, -0.05) is 0 Å². The molecule has 0 unspecified atom stereocenters. The van der Waals surface area contributed by atoms with E-state index in [1.165, 1.54) is 0 Å². The van der Waals surface area contributed by atoms with E-state index in [2.05, 4.69) is 21.6 Å². The number of rotatable bonds is 3. The summed E-state index contributed by atoms with van der Waals surface area (Å²) in [6.07, 6.45) is 5.61. The molecule has 0 radical (unpaired) electrons. The molecule has 0 fully saturated rings. The molecule has 0 saturated carbocycles. The lowest BCUT2D eigenvalue weighted by molar-refractivity contribution is 0.604. The normalized spacial score (nSPS) is 10.8. The third kappa shape index (κ3) is 1.86. The van der Waals surface area contributed by atoms with Gasteiger partial charge in [0.15, 0.2) is 0 Å². The smallest absolute Gasteiger partial charge is 0.130 e. The standard InChI is InChI=1S/C10H15N5/c1-3-14-5-4-12-10(14)7-15-6-9(11)8(2)13-15/h4-6H,3,7,11H2,1-2H3. The van der Waals surface area contributed by atoms with Gasteiger partial charge in [-0.2, -0.15) is 5.10 Å². The first-order valence-electron chi connectivity index (χ1n) is 5.00. The lowest BCUT2D eigenvalue weighted by Crippen LogP contribution is -2.08. The summed E-state index contributed by atoms with van der Waals surface area (Å²) < 4.78 is 3.91. The lowest BCUT2D eigenvalue weighted by Gasteiger charge is -2.04. The van der Waals surface area contributed by atoms with Crippen LogP contribution in [0.1, 0.15) is 18.4 Å². The van der Waals surface area contributed by atoms with E-state index in [4.69, 9.17) is 5.73 Å². The molecular formula is C10H15N5. The second-order valence-electron chi connectivity index (χ2n) is 3.50. The van der Waals surface area contributed by atoms with Crippen LogP contribution in [0.4, 0.5) is 5.69 Å². The molecule has 0 saturated heterocycles. The maximum atomic E-state index is 5.73. The molecule has 0 aromatic carbocycles. The van der Waals surface area contributed by atoms with Crippen LogP contribution < -0.4 is 5.73 Å². The van der Waals surface area contributed by atoms with Crippen molar-refractivity contribution < 1.29 is 0 Å². The van der Waals surface area contributed by atoms with Gasteiger partial charge in [-0.15, -0.1) is 0 Å². The Morgan fingerprint density at radius 3 is 2.87 bits per heavy atom. The van der Waals surface area contributed by atoms with Gasteiger partial charge in [-0.3, -0.25) is 4.68 Å². The van der Waals surface area contributed by atoms with Crippen LogP contribution in [0.3, 0.4) is 0 Å². The molecule has 2 rings (SSSR count). The summed E-state index contributed by atoms with van der Waals surface area (Å²) in [7, 11) is 0. The van der Waals surface area contributed by atoms with Crippen molar-refractivity contribution in [2.45, 2.75) is 26.9 Å². The molecule has 0 aliphatic rings. The van der Waals surface area contributed by atoms with Crippen LogP contribution >= 0.6 is 0 Å². The van der Waals surface area contributed by atoms with Crippen molar-refractivity contribution in [1.82, 2.24) is 19.3 Å². The molecule has 5 nitrogen and oxygen atoms in total. The number of nitrogen functional groups attached to an aromatic ring is 1. The predicted octanol–water partition coefficient (Wildman–Crippen LogP) is 1.04. The van der Waals surface area contributed by atoms with Crippen molar-refractivity contribution in [3.63, 3.8) is 0 Å². The Morgan fingerprint density at radius 1 is 1.47 bits per heavy atom. The van der Waals surface area contributed by atoms with Crippen molar-refractivity contribution in [3.8, 4) is 0 Å². The molecule has 0 atom stereocenters. The van der Waals surface area contributed by atoms with Crippen LogP contribution in [0.15, 0.2) is 18.6 Å². The molecule has 2 aromatic rings. The van der Waals surface area contributed by atoms with E-state index >= 15 is 0 Å². The van der Waals surface area contributed by atoms with Gasteiger partial charge in [0.05, 0.1) is 17.9 Å². The molecule has 80 valence electrons. The maximum Gasteiger partial charge on any atom is 0.130 e. The Balaban J connectivity index is 2.21. The van der Waals surface area contributed by atoms with Crippen LogP contribution in [0.25, 0.3) is 0 Å². The number of aromatic nitrogens is 4. The second kappa shape index (κ2) is 3.76. The third-order valence-electron chi connectivity index (χ3n) is 2.43. The molecule has 0 aliphatic heterocycles. The Kier molecular flexibility index (Phi) is 2.45. The molecule has 0 aliphatic carbocycles. The molecule has 2 heterocycles. The minimum absolute atomic E-state index is 0.666. The lowest BCUT2D eigenvalue weighted by atomic mass is 10.4. The molecule has 2 N–H and O–H groups in total. The van der Waals surface area contributed by atoms with Crippen molar-refractivity contribution in [2.75, 3.05) is 5.73 Å². The van der Waals surface area contributed by atoms with E-state index < -0.39 is 0 Å². The average molecular weight is 205 g/mol. The predicted molar refractivity (Wildman–Crippen MR) is 58.4 cm³/mol. The minimum atomic E-state index is 0.666. The highest BCUT2D eigenvalue weighted by Crippen LogP contribution is 2.08. The van der Waals surface area contributed by atoms with E-state index in [9.17, 15) is 0 Å². The number of aryl methyl sites for hydroxylation is 2. The highest BCUT2D eigenvalue weighted by Gasteiger charge is 2.05. The van der Waals surface area contributed by atoms with Gasteiger partial charge in [0, 0.05) is 25.1 Å². The fraction of sp³-hybridized carbons (Fsp3) is 0.400. The van der Waals surface area contributed by atoms with Crippen LogP contribution in [-0.4, -0.2) is 19.3 Å². The number of hydrogen-bond acceptors (Lipinski definition) is 3. The minimum Gasteiger partial charge on any atom is -0.396 e. The summed E-state index contributed by atoms with van der Waals surface area (Å²) in [4.78, 5) is 4.28. The van der Waals surface area contributed by atoms with Crippen LogP contribution in [0, 0.1) is 6.92 Å². The van der Waals surface area contributed by atoms with E-state index in [1.807, 2.05) is 24.0 Å². The van der Waals surface area contributed by atoms with E-state index in [1.54, 1.807) is 6.20 Å². The fourth-order valence-corrected chi connectivity index (χ4v) is 1.54. The van der Waals surface area contributed by atoms with Crippen molar-refractivity contribution in [3.05, 3.63) is 30.1 Å². The van der Waals surface area contributed by atoms with E-state index in [0.29, 0.717) is 6.54 Å². The largest absolute Gasteiger partial charge is 0.396 e. The molecular weight excluding hydrogens is 190 g/mol. The SMILES string of the molecule is CCn1ccnc1Cn1cc(N)c(C)n1. The number of hydrogen-bond donors (Lipinski definition) is 1. The van der Waals surface area contributed by atoms with Gasteiger partial charge in [0.2, 0.25) is 0 Å². The summed E-state index contributed by atoms with van der Waals surface area (Å²) in [5.74, 6) is 1.00. The monoisotopic (exact) mass is 205 g/mol. The van der Waals surface area contributed by atoms with Crippen molar-refractivity contribution >= 4 is 5.69 Å². The summed E-state index contributed by atoms with van der Waals surface area (Å²) in [6.45, 7) is 5.58. The third-order valence-corrected chi connectivity index (χ3v) is 2.43. The first-order valence-corrected chi connectivity index (χ1v) is 5.00. The first-order chi connectivity index (χ1) is 7.20. The first kappa shape index (κ1) is 9.76. The zero-order chi connectivity index (χ0) is 10.8. The van der Waals surface area contributed by atoms with Crippen LogP contribution in [-0.2, 0) is 13.1 Å². The average Bonchev–Trinajstić information content (AvgIpc) is 2.75. The van der Waals surface area contributed by atoms with Gasteiger partial charge in [0.25, 0.3) is 0 Å². The number of anilines is 1. The summed E-state index contributed by atoms with van der Waals surface area (Å²) >= 11 is 0. The Morgan fingerprint density at radius 2 is 2.27 bits per heavy atom. The summed E-state index contributed by atoms with van der Waals surface area (Å²) in [5, 5.41) is 4.30. The molecule has 0 spiro atoms.